The molecule has 0 unspecified atom stereocenters. The summed E-state index contributed by atoms with van der Waals surface area (Å²) in [5, 5.41) is 2.90. The first-order chi connectivity index (χ1) is 12.1. The van der Waals surface area contributed by atoms with E-state index >= 15 is 0 Å². The molecule has 0 fully saturated rings. The first-order valence-electron chi connectivity index (χ1n) is 8.48. The molecule has 0 atom stereocenters. The number of nitrogens with one attached hydrogen (secondary N) is 1. The molecule has 0 spiro atoms. The molecule has 0 aliphatic rings. The SMILES string of the molecule is CCOc1ccc(/C=C/C(=O)NCc2ccc(CN(C)C)cc2)cc1. The highest BCUT2D eigenvalue weighted by atomic mass is 16.5. The second kappa shape index (κ2) is 9.64. The van der Waals surface area contributed by atoms with Gasteiger partial charge >= 0.3 is 0 Å². The van der Waals surface area contributed by atoms with Gasteiger partial charge in [-0.3, -0.25) is 4.79 Å². The lowest BCUT2D eigenvalue weighted by Gasteiger charge is -2.10. The minimum atomic E-state index is -0.105. The van der Waals surface area contributed by atoms with Gasteiger partial charge < -0.3 is 15.0 Å². The van der Waals surface area contributed by atoms with Gasteiger partial charge in [0.25, 0.3) is 0 Å². The van der Waals surface area contributed by atoms with Crippen LogP contribution in [-0.4, -0.2) is 31.5 Å². The fourth-order valence-corrected chi connectivity index (χ4v) is 2.39. The standard InChI is InChI=1S/C21H26N2O2/c1-4-25-20-12-9-17(10-13-20)11-14-21(24)22-15-18-5-7-19(8-6-18)16-23(2)3/h5-14H,4,15-16H2,1-3H3,(H,22,24)/b14-11+. The Kier molecular flexibility index (Phi) is 7.23. The number of hydrogen-bond acceptors (Lipinski definition) is 3. The van der Waals surface area contributed by atoms with E-state index in [9.17, 15) is 4.79 Å². The van der Waals surface area contributed by atoms with Crippen LogP contribution in [0.4, 0.5) is 0 Å². The summed E-state index contributed by atoms with van der Waals surface area (Å²) in [5.74, 6) is 0.730. The molecular weight excluding hydrogens is 312 g/mol. The predicted molar refractivity (Wildman–Crippen MR) is 102 cm³/mol. The van der Waals surface area contributed by atoms with Crippen molar-refractivity contribution in [3.05, 3.63) is 71.3 Å². The van der Waals surface area contributed by atoms with Crippen LogP contribution in [0.1, 0.15) is 23.6 Å². The second-order valence-corrected chi connectivity index (χ2v) is 6.11. The van der Waals surface area contributed by atoms with Crippen LogP contribution in [0.25, 0.3) is 6.08 Å². The van der Waals surface area contributed by atoms with E-state index in [1.54, 1.807) is 12.2 Å². The molecule has 4 heteroatoms. The van der Waals surface area contributed by atoms with E-state index in [1.165, 1.54) is 5.56 Å². The van der Waals surface area contributed by atoms with Crippen molar-refractivity contribution in [1.29, 1.82) is 0 Å². The van der Waals surface area contributed by atoms with Crippen LogP contribution in [-0.2, 0) is 17.9 Å². The van der Waals surface area contributed by atoms with Crippen molar-refractivity contribution < 1.29 is 9.53 Å². The van der Waals surface area contributed by atoms with E-state index in [4.69, 9.17) is 4.74 Å². The Morgan fingerprint density at radius 3 is 2.28 bits per heavy atom. The Balaban J connectivity index is 1.81. The van der Waals surface area contributed by atoms with Crippen molar-refractivity contribution in [2.75, 3.05) is 20.7 Å². The Bertz CT molecular complexity index is 689. The molecule has 0 radical (unpaired) electrons. The van der Waals surface area contributed by atoms with Crippen molar-refractivity contribution >= 4 is 12.0 Å². The maximum atomic E-state index is 11.9. The van der Waals surface area contributed by atoms with E-state index in [-0.39, 0.29) is 5.91 Å². The van der Waals surface area contributed by atoms with Crippen LogP contribution in [0.3, 0.4) is 0 Å². The highest BCUT2D eigenvalue weighted by Crippen LogP contribution is 2.13. The van der Waals surface area contributed by atoms with Gasteiger partial charge in [-0.05, 0) is 55.9 Å². The van der Waals surface area contributed by atoms with Crippen LogP contribution < -0.4 is 10.1 Å². The smallest absolute Gasteiger partial charge is 0.244 e. The van der Waals surface area contributed by atoms with Crippen molar-refractivity contribution in [3.63, 3.8) is 0 Å². The summed E-state index contributed by atoms with van der Waals surface area (Å²) in [5.41, 5.74) is 3.31. The number of rotatable bonds is 8. The van der Waals surface area contributed by atoms with Gasteiger partial charge in [-0.15, -0.1) is 0 Å². The van der Waals surface area contributed by atoms with Crippen LogP contribution in [0.2, 0.25) is 0 Å². The number of carbonyl (C=O) groups is 1. The zero-order valence-electron chi connectivity index (χ0n) is 15.2. The molecule has 0 aliphatic heterocycles. The quantitative estimate of drug-likeness (QED) is 0.749. The van der Waals surface area contributed by atoms with Crippen molar-refractivity contribution in [2.24, 2.45) is 0 Å². The topological polar surface area (TPSA) is 41.6 Å². The summed E-state index contributed by atoms with van der Waals surface area (Å²) in [4.78, 5) is 14.1. The number of nitrogens with zero attached hydrogens (tertiary/aromatic N) is 1. The van der Waals surface area contributed by atoms with Crippen LogP contribution in [0.5, 0.6) is 5.75 Å². The molecule has 0 saturated carbocycles. The summed E-state index contributed by atoms with van der Waals surface area (Å²) in [6, 6.07) is 15.9. The third-order valence-corrected chi connectivity index (χ3v) is 3.61. The van der Waals surface area contributed by atoms with Crippen molar-refractivity contribution in [1.82, 2.24) is 10.2 Å². The molecule has 132 valence electrons. The summed E-state index contributed by atoms with van der Waals surface area (Å²) < 4.78 is 5.40. The Hall–Kier alpha value is -2.59. The Labute approximate surface area is 150 Å². The van der Waals surface area contributed by atoms with Gasteiger partial charge in [-0.1, -0.05) is 36.4 Å². The monoisotopic (exact) mass is 338 g/mol. The molecule has 4 nitrogen and oxygen atoms in total. The summed E-state index contributed by atoms with van der Waals surface area (Å²) >= 11 is 0. The average molecular weight is 338 g/mol. The number of benzene rings is 2. The highest BCUT2D eigenvalue weighted by molar-refractivity contribution is 5.91. The molecule has 2 aromatic carbocycles. The maximum Gasteiger partial charge on any atom is 0.244 e. The highest BCUT2D eigenvalue weighted by Gasteiger charge is 1.99. The van der Waals surface area contributed by atoms with Gasteiger partial charge in [0.15, 0.2) is 0 Å². The normalized spacial score (nSPS) is 11.0. The molecule has 0 bridgehead atoms. The molecular formula is C21H26N2O2. The van der Waals surface area contributed by atoms with Gasteiger partial charge in [0.1, 0.15) is 5.75 Å². The number of amides is 1. The van der Waals surface area contributed by atoms with Crippen LogP contribution in [0.15, 0.2) is 54.6 Å². The molecule has 2 aromatic rings. The third-order valence-electron chi connectivity index (χ3n) is 3.61. The lowest BCUT2D eigenvalue weighted by atomic mass is 10.1. The van der Waals surface area contributed by atoms with E-state index in [1.807, 2.05) is 45.3 Å². The van der Waals surface area contributed by atoms with Crippen molar-refractivity contribution in [3.8, 4) is 5.75 Å². The Morgan fingerprint density at radius 2 is 1.68 bits per heavy atom. The van der Waals surface area contributed by atoms with Gasteiger partial charge in [-0.25, -0.2) is 0 Å². The van der Waals surface area contributed by atoms with Crippen LogP contribution in [0, 0.1) is 0 Å². The molecule has 0 saturated heterocycles. The molecule has 2 rings (SSSR count). The second-order valence-electron chi connectivity index (χ2n) is 6.11. The zero-order chi connectivity index (χ0) is 18.1. The molecule has 1 N–H and O–H groups in total. The lowest BCUT2D eigenvalue weighted by molar-refractivity contribution is -0.116. The van der Waals surface area contributed by atoms with Gasteiger partial charge in [-0.2, -0.15) is 0 Å². The summed E-state index contributed by atoms with van der Waals surface area (Å²) in [6.45, 7) is 4.04. The minimum Gasteiger partial charge on any atom is -0.494 e. The molecule has 25 heavy (non-hydrogen) atoms. The first kappa shape index (κ1) is 18.7. The van der Waals surface area contributed by atoms with E-state index in [0.29, 0.717) is 13.2 Å². The van der Waals surface area contributed by atoms with E-state index < -0.39 is 0 Å². The van der Waals surface area contributed by atoms with E-state index in [2.05, 4.69) is 34.5 Å². The first-order valence-corrected chi connectivity index (χ1v) is 8.48. The number of hydrogen-bond donors (Lipinski definition) is 1. The molecule has 0 aromatic heterocycles. The minimum absolute atomic E-state index is 0.105. The molecule has 1 amide bonds. The average Bonchev–Trinajstić information content (AvgIpc) is 2.60. The number of carbonyl (C=O) groups excluding carboxylic acids is 1. The fraction of sp³-hybridized carbons (Fsp3) is 0.286. The van der Waals surface area contributed by atoms with Crippen LogP contribution >= 0.6 is 0 Å². The zero-order valence-corrected chi connectivity index (χ0v) is 15.2. The van der Waals surface area contributed by atoms with Gasteiger partial charge in [0.2, 0.25) is 5.91 Å². The third kappa shape index (κ3) is 6.81. The maximum absolute atomic E-state index is 11.9. The van der Waals surface area contributed by atoms with E-state index in [0.717, 1.165) is 23.4 Å². The fourth-order valence-electron chi connectivity index (χ4n) is 2.39. The Morgan fingerprint density at radius 1 is 1.04 bits per heavy atom. The van der Waals surface area contributed by atoms with Gasteiger partial charge in [0, 0.05) is 19.2 Å². The number of ether oxygens (including phenoxy) is 1. The van der Waals surface area contributed by atoms with Gasteiger partial charge in [0.05, 0.1) is 6.61 Å². The van der Waals surface area contributed by atoms with Crippen molar-refractivity contribution in [2.45, 2.75) is 20.0 Å². The summed E-state index contributed by atoms with van der Waals surface area (Å²) in [7, 11) is 4.09. The largest absolute Gasteiger partial charge is 0.494 e. The summed E-state index contributed by atoms with van der Waals surface area (Å²) in [6.07, 6.45) is 3.35. The lowest BCUT2D eigenvalue weighted by Crippen LogP contribution is -2.20. The molecule has 0 aliphatic carbocycles. The predicted octanol–water partition coefficient (Wildman–Crippen LogP) is 3.48. The molecule has 0 heterocycles.